The molecule has 0 unspecified atom stereocenters. The van der Waals surface area contributed by atoms with Crippen LogP contribution in [-0.2, 0) is 14.8 Å². The largest absolute Gasteiger partial charge is 0.325 e. The summed E-state index contributed by atoms with van der Waals surface area (Å²) in [6.45, 7) is 2.54. The third-order valence-electron chi connectivity index (χ3n) is 5.57. The monoisotopic (exact) mass is 453 g/mol. The van der Waals surface area contributed by atoms with Gasteiger partial charge in [-0.2, -0.15) is 5.10 Å². The molecule has 2 aromatic carbocycles. The van der Waals surface area contributed by atoms with Gasteiger partial charge in [0.25, 0.3) is 0 Å². The second-order valence-electron chi connectivity index (χ2n) is 7.92. The van der Waals surface area contributed by atoms with Gasteiger partial charge in [0.1, 0.15) is 0 Å². The smallest absolute Gasteiger partial charge is 0.228 e. The Labute approximate surface area is 188 Å². The molecule has 1 aliphatic rings. The molecule has 0 aliphatic carbocycles. The molecule has 0 radical (unpaired) electrons. The van der Waals surface area contributed by atoms with E-state index in [1.807, 2.05) is 61.5 Å². The highest BCUT2D eigenvalue weighted by Crippen LogP contribution is 2.28. The number of sulfonamides is 1. The van der Waals surface area contributed by atoms with Crippen molar-refractivity contribution in [3.63, 3.8) is 0 Å². The summed E-state index contributed by atoms with van der Waals surface area (Å²) in [6.07, 6.45) is 1.89. The molecule has 32 heavy (non-hydrogen) atoms. The quantitative estimate of drug-likeness (QED) is 0.569. The molecule has 168 valence electrons. The molecule has 1 fully saturated rings. The minimum absolute atomic E-state index is 0.111. The fraction of sp³-hybridized carbons (Fsp3) is 0.348. The lowest BCUT2D eigenvalue weighted by atomic mass is 9.98. The molecule has 3 aromatic rings. The van der Waals surface area contributed by atoms with Crippen LogP contribution in [0.5, 0.6) is 0 Å². The van der Waals surface area contributed by atoms with Gasteiger partial charge in [0.15, 0.2) is 11.6 Å². The number of piperidine rings is 1. The first-order valence-electron chi connectivity index (χ1n) is 10.8. The van der Waals surface area contributed by atoms with Gasteiger partial charge in [-0.15, -0.1) is 0 Å². The normalized spacial score (nSPS) is 17.2. The van der Waals surface area contributed by atoms with Crippen LogP contribution in [0.25, 0.3) is 22.8 Å². The number of nitrogens with one attached hydrogen (secondary N) is 2. The Bertz CT molecular complexity index is 1180. The van der Waals surface area contributed by atoms with Gasteiger partial charge < -0.3 is 5.32 Å². The lowest BCUT2D eigenvalue weighted by molar-refractivity contribution is -0.120. The molecule has 9 heteroatoms. The number of hydrogen-bond acceptors (Lipinski definition) is 5. The molecule has 0 bridgehead atoms. The number of benzene rings is 2. The minimum atomic E-state index is -3.32. The van der Waals surface area contributed by atoms with Crippen molar-refractivity contribution in [1.29, 1.82) is 0 Å². The number of carbonyl (C=O) groups excluding carboxylic acids is 1. The Morgan fingerprint density at radius 3 is 2.69 bits per heavy atom. The van der Waals surface area contributed by atoms with E-state index in [1.165, 1.54) is 4.31 Å². The van der Waals surface area contributed by atoms with E-state index in [4.69, 9.17) is 0 Å². The fourth-order valence-electron chi connectivity index (χ4n) is 3.93. The zero-order chi connectivity index (χ0) is 22.6. The van der Waals surface area contributed by atoms with Crippen LogP contribution in [-0.4, -0.2) is 52.7 Å². The molecule has 1 atom stereocenters. The maximum Gasteiger partial charge on any atom is 0.228 e. The van der Waals surface area contributed by atoms with Gasteiger partial charge >= 0.3 is 0 Å². The van der Waals surface area contributed by atoms with Gasteiger partial charge in [0.05, 0.1) is 17.4 Å². The standard InChI is InChI=1S/C23H27N5O3S/c1-2-15-32(30,31)28-14-8-11-18(16-28)23(29)24-20-13-7-6-12-19(20)22-25-21(26-27-22)17-9-4-3-5-10-17/h3-7,9-10,12-13,18H,2,8,11,14-16H2,1H3,(H,24,29)(H,25,26,27)/t18-/m0/s1. The zero-order valence-electron chi connectivity index (χ0n) is 18.0. The molecule has 1 aliphatic heterocycles. The molecule has 0 saturated carbocycles. The Balaban J connectivity index is 1.51. The number of aromatic nitrogens is 3. The first kappa shape index (κ1) is 22.2. The molecular formula is C23H27N5O3S. The van der Waals surface area contributed by atoms with E-state index >= 15 is 0 Å². The van der Waals surface area contributed by atoms with Crippen molar-refractivity contribution >= 4 is 21.6 Å². The Morgan fingerprint density at radius 1 is 1.16 bits per heavy atom. The highest BCUT2D eigenvalue weighted by molar-refractivity contribution is 7.89. The van der Waals surface area contributed by atoms with Crippen molar-refractivity contribution in [2.45, 2.75) is 26.2 Å². The van der Waals surface area contributed by atoms with Crippen molar-refractivity contribution in [2.24, 2.45) is 5.92 Å². The van der Waals surface area contributed by atoms with Gasteiger partial charge in [-0.3, -0.25) is 9.89 Å². The maximum absolute atomic E-state index is 13.0. The molecule has 0 spiro atoms. The van der Waals surface area contributed by atoms with Crippen molar-refractivity contribution in [1.82, 2.24) is 19.5 Å². The van der Waals surface area contributed by atoms with Crippen molar-refractivity contribution in [3.05, 3.63) is 54.6 Å². The number of anilines is 1. The predicted molar refractivity (Wildman–Crippen MR) is 124 cm³/mol. The zero-order valence-corrected chi connectivity index (χ0v) is 18.8. The number of nitrogens with zero attached hydrogens (tertiary/aromatic N) is 3. The van der Waals surface area contributed by atoms with Crippen LogP contribution in [0.15, 0.2) is 54.6 Å². The van der Waals surface area contributed by atoms with Gasteiger partial charge in [-0.25, -0.2) is 17.7 Å². The van der Waals surface area contributed by atoms with E-state index < -0.39 is 15.9 Å². The van der Waals surface area contributed by atoms with Gasteiger partial charge in [0, 0.05) is 24.2 Å². The summed E-state index contributed by atoms with van der Waals surface area (Å²) >= 11 is 0. The van der Waals surface area contributed by atoms with E-state index in [1.54, 1.807) is 0 Å². The fourth-order valence-corrected chi connectivity index (χ4v) is 5.52. The number of carbonyl (C=O) groups is 1. The SMILES string of the molecule is CCCS(=O)(=O)N1CCC[C@H](C(=O)Nc2ccccc2-c2nc(-c3ccccc3)n[nH]2)C1. The number of hydrogen-bond donors (Lipinski definition) is 2. The summed E-state index contributed by atoms with van der Waals surface area (Å²) in [6, 6.07) is 17.0. The summed E-state index contributed by atoms with van der Waals surface area (Å²) in [5, 5.41) is 10.2. The number of H-pyrrole nitrogens is 1. The van der Waals surface area contributed by atoms with Crippen LogP contribution in [0, 0.1) is 5.92 Å². The third kappa shape index (κ3) is 4.89. The van der Waals surface area contributed by atoms with Crippen LogP contribution in [0.1, 0.15) is 26.2 Å². The second kappa shape index (κ2) is 9.62. The van der Waals surface area contributed by atoms with Crippen LogP contribution in [0.2, 0.25) is 0 Å². The lowest BCUT2D eigenvalue weighted by Gasteiger charge is -2.31. The van der Waals surface area contributed by atoms with Crippen LogP contribution >= 0.6 is 0 Å². The molecule has 1 saturated heterocycles. The first-order valence-corrected chi connectivity index (χ1v) is 12.4. The van der Waals surface area contributed by atoms with E-state index in [0.29, 0.717) is 43.1 Å². The molecule has 2 heterocycles. The highest BCUT2D eigenvalue weighted by atomic mass is 32.2. The van der Waals surface area contributed by atoms with E-state index in [2.05, 4.69) is 20.5 Å². The van der Waals surface area contributed by atoms with E-state index in [-0.39, 0.29) is 18.2 Å². The lowest BCUT2D eigenvalue weighted by Crippen LogP contribution is -2.44. The predicted octanol–water partition coefficient (Wildman–Crippen LogP) is 3.53. The Hall–Kier alpha value is -3.04. The molecule has 2 N–H and O–H groups in total. The van der Waals surface area contributed by atoms with Gasteiger partial charge in [-0.1, -0.05) is 49.4 Å². The topological polar surface area (TPSA) is 108 Å². The van der Waals surface area contributed by atoms with E-state index in [9.17, 15) is 13.2 Å². The van der Waals surface area contributed by atoms with E-state index in [0.717, 1.165) is 11.1 Å². The maximum atomic E-state index is 13.0. The first-order chi connectivity index (χ1) is 15.5. The average molecular weight is 454 g/mol. The van der Waals surface area contributed by atoms with Gasteiger partial charge in [0.2, 0.25) is 15.9 Å². The van der Waals surface area contributed by atoms with Crippen molar-refractivity contribution in [3.8, 4) is 22.8 Å². The van der Waals surface area contributed by atoms with Gasteiger partial charge in [-0.05, 0) is 31.4 Å². The Morgan fingerprint density at radius 2 is 1.91 bits per heavy atom. The third-order valence-corrected chi connectivity index (χ3v) is 7.61. The average Bonchev–Trinajstić information content (AvgIpc) is 3.30. The summed E-state index contributed by atoms with van der Waals surface area (Å²) in [7, 11) is -3.32. The molecule has 8 nitrogen and oxygen atoms in total. The summed E-state index contributed by atoms with van der Waals surface area (Å²) in [5.41, 5.74) is 2.23. The highest BCUT2D eigenvalue weighted by Gasteiger charge is 2.32. The molecule has 1 aromatic heterocycles. The van der Waals surface area contributed by atoms with Crippen LogP contribution in [0.4, 0.5) is 5.69 Å². The molecule has 1 amide bonds. The molecule has 4 rings (SSSR count). The van der Waals surface area contributed by atoms with Crippen LogP contribution < -0.4 is 5.32 Å². The van der Waals surface area contributed by atoms with Crippen LogP contribution in [0.3, 0.4) is 0 Å². The second-order valence-corrected chi connectivity index (χ2v) is 10.0. The summed E-state index contributed by atoms with van der Waals surface area (Å²) < 4.78 is 26.3. The molecular weight excluding hydrogens is 426 g/mol. The summed E-state index contributed by atoms with van der Waals surface area (Å²) in [5.74, 6) is 0.662. The van der Waals surface area contributed by atoms with Crippen molar-refractivity contribution in [2.75, 3.05) is 24.2 Å². The number of aromatic amines is 1. The number of para-hydroxylation sites is 1. The van der Waals surface area contributed by atoms with Crippen molar-refractivity contribution < 1.29 is 13.2 Å². The summed E-state index contributed by atoms with van der Waals surface area (Å²) in [4.78, 5) is 17.6. The number of amides is 1. The number of rotatable bonds is 7. The minimum Gasteiger partial charge on any atom is -0.325 e. The Kier molecular flexibility index (Phi) is 6.66.